The summed E-state index contributed by atoms with van der Waals surface area (Å²) in [6, 6.07) is 6.19. The topological polar surface area (TPSA) is 83.9 Å². The van der Waals surface area contributed by atoms with E-state index in [-0.39, 0.29) is 41.7 Å². The van der Waals surface area contributed by atoms with Crippen molar-refractivity contribution in [2.45, 2.75) is 25.9 Å². The molecule has 1 aliphatic heterocycles. The summed E-state index contributed by atoms with van der Waals surface area (Å²) < 4.78 is 16.4. The lowest BCUT2D eigenvalue weighted by Gasteiger charge is -2.20. The molecule has 0 bridgehead atoms. The standard InChI is InChI=1S/C16H15ClFN5O2/c17-12-2-1-3-13(18)11(12)10-15(24)21-6-4-14-20-23(7-5-19)16(25)22(14)9-8-21/h1-3H,4,6-10H2. The molecule has 7 nitrogen and oxygen atoms in total. The highest BCUT2D eigenvalue weighted by atomic mass is 35.5. The number of halogens is 2. The smallest absolute Gasteiger partial charge is 0.340 e. The summed E-state index contributed by atoms with van der Waals surface area (Å²) in [7, 11) is 0. The van der Waals surface area contributed by atoms with Gasteiger partial charge in [-0.15, -0.1) is 0 Å². The van der Waals surface area contributed by atoms with Gasteiger partial charge in [0.05, 0.1) is 12.5 Å². The third kappa shape index (κ3) is 3.42. The fourth-order valence-electron chi connectivity index (χ4n) is 2.85. The van der Waals surface area contributed by atoms with E-state index in [2.05, 4.69) is 5.10 Å². The zero-order valence-electron chi connectivity index (χ0n) is 13.3. The summed E-state index contributed by atoms with van der Waals surface area (Å²) in [5, 5.41) is 13.1. The molecule has 1 amide bonds. The van der Waals surface area contributed by atoms with Crippen LogP contribution in [0.15, 0.2) is 23.0 Å². The molecule has 1 aliphatic rings. The van der Waals surface area contributed by atoms with E-state index in [4.69, 9.17) is 16.9 Å². The monoisotopic (exact) mass is 363 g/mol. The fourth-order valence-corrected chi connectivity index (χ4v) is 3.08. The van der Waals surface area contributed by atoms with Crippen molar-refractivity contribution in [2.75, 3.05) is 13.1 Å². The number of nitrogens with zero attached hydrogens (tertiary/aromatic N) is 5. The highest BCUT2D eigenvalue weighted by Gasteiger charge is 2.23. The maximum Gasteiger partial charge on any atom is 0.346 e. The molecule has 0 saturated heterocycles. The van der Waals surface area contributed by atoms with Crippen LogP contribution in [-0.4, -0.2) is 38.2 Å². The van der Waals surface area contributed by atoms with Gasteiger partial charge in [0.25, 0.3) is 0 Å². The number of benzene rings is 1. The minimum absolute atomic E-state index is 0.104. The number of carbonyl (C=O) groups is 1. The number of rotatable bonds is 3. The average Bonchev–Trinajstić information content (AvgIpc) is 2.75. The van der Waals surface area contributed by atoms with E-state index in [0.29, 0.717) is 25.3 Å². The summed E-state index contributed by atoms with van der Waals surface area (Å²) in [6.45, 7) is 0.869. The second-order valence-electron chi connectivity index (χ2n) is 5.67. The van der Waals surface area contributed by atoms with Gasteiger partial charge >= 0.3 is 5.69 Å². The van der Waals surface area contributed by atoms with Crippen LogP contribution in [-0.2, 0) is 30.7 Å². The van der Waals surface area contributed by atoms with Crippen LogP contribution in [0.1, 0.15) is 11.4 Å². The Hall–Kier alpha value is -2.66. The molecule has 130 valence electrons. The molecule has 0 spiro atoms. The maximum atomic E-state index is 13.9. The number of carbonyl (C=O) groups excluding carboxylic acids is 1. The lowest BCUT2D eigenvalue weighted by molar-refractivity contribution is -0.130. The van der Waals surface area contributed by atoms with E-state index < -0.39 is 5.82 Å². The minimum Gasteiger partial charge on any atom is -0.340 e. The van der Waals surface area contributed by atoms with Crippen molar-refractivity contribution in [2.24, 2.45) is 0 Å². The van der Waals surface area contributed by atoms with Gasteiger partial charge in [-0.2, -0.15) is 15.0 Å². The molecule has 0 atom stereocenters. The Morgan fingerprint density at radius 3 is 2.88 bits per heavy atom. The molecular weight excluding hydrogens is 349 g/mol. The van der Waals surface area contributed by atoms with Crippen LogP contribution >= 0.6 is 11.6 Å². The number of hydrogen-bond acceptors (Lipinski definition) is 4. The minimum atomic E-state index is -0.511. The Labute approximate surface area is 147 Å². The van der Waals surface area contributed by atoms with Gasteiger partial charge in [0.2, 0.25) is 5.91 Å². The summed E-state index contributed by atoms with van der Waals surface area (Å²) >= 11 is 5.97. The Kier molecular flexibility index (Phi) is 4.86. The molecule has 2 heterocycles. The zero-order chi connectivity index (χ0) is 18.0. The first kappa shape index (κ1) is 17.2. The van der Waals surface area contributed by atoms with Crippen LogP contribution in [0.3, 0.4) is 0 Å². The Morgan fingerprint density at radius 2 is 2.16 bits per heavy atom. The van der Waals surface area contributed by atoms with Gasteiger partial charge < -0.3 is 4.90 Å². The highest BCUT2D eigenvalue weighted by Crippen LogP contribution is 2.20. The predicted octanol–water partition coefficient (Wildman–Crippen LogP) is 0.988. The lowest BCUT2D eigenvalue weighted by Crippen LogP contribution is -2.36. The Balaban J connectivity index is 1.73. The molecule has 0 saturated carbocycles. The summed E-state index contributed by atoms with van der Waals surface area (Å²) in [4.78, 5) is 26.2. The third-order valence-electron chi connectivity index (χ3n) is 4.16. The molecule has 25 heavy (non-hydrogen) atoms. The number of hydrogen-bond donors (Lipinski definition) is 0. The summed E-state index contributed by atoms with van der Waals surface area (Å²) in [6.07, 6.45) is 0.261. The molecular formula is C16H15ClFN5O2. The van der Waals surface area contributed by atoms with Crippen molar-refractivity contribution >= 4 is 17.5 Å². The van der Waals surface area contributed by atoms with Crippen LogP contribution < -0.4 is 5.69 Å². The first-order chi connectivity index (χ1) is 12.0. The third-order valence-corrected chi connectivity index (χ3v) is 4.52. The first-order valence-corrected chi connectivity index (χ1v) is 8.13. The largest absolute Gasteiger partial charge is 0.346 e. The lowest BCUT2D eigenvalue weighted by atomic mass is 10.1. The number of fused-ring (bicyclic) bond motifs is 1. The van der Waals surface area contributed by atoms with Crippen molar-refractivity contribution in [3.8, 4) is 6.07 Å². The van der Waals surface area contributed by atoms with E-state index in [1.807, 2.05) is 6.07 Å². The van der Waals surface area contributed by atoms with Gasteiger partial charge in [-0.25, -0.2) is 9.18 Å². The summed E-state index contributed by atoms with van der Waals surface area (Å²) in [5.74, 6) is -0.224. The van der Waals surface area contributed by atoms with E-state index >= 15 is 0 Å². The van der Waals surface area contributed by atoms with Crippen molar-refractivity contribution < 1.29 is 9.18 Å². The van der Waals surface area contributed by atoms with E-state index in [1.54, 1.807) is 11.0 Å². The Morgan fingerprint density at radius 1 is 1.36 bits per heavy atom. The van der Waals surface area contributed by atoms with Crippen LogP contribution in [0.4, 0.5) is 4.39 Å². The molecule has 0 unspecified atom stereocenters. The SMILES string of the molecule is N#CCn1nc2n(c1=O)CCN(C(=O)Cc1c(F)cccc1Cl)CC2. The van der Waals surface area contributed by atoms with Gasteiger partial charge in [0.1, 0.15) is 18.2 Å². The van der Waals surface area contributed by atoms with Gasteiger partial charge in [-0.3, -0.25) is 9.36 Å². The summed E-state index contributed by atoms with van der Waals surface area (Å²) in [5.41, 5.74) is -0.185. The molecule has 0 N–H and O–H groups in total. The van der Waals surface area contributed by atoms with Gasteiger partial charge in [0.15, 0.2) is 0 Å². The molecule has 1 aromatic carbocycles. The number of aromatic nitrogens is 3. The maximum absolute atomic E-state index is 13.9. The van der Waals surface area contributed by atoms with E-state index in [9.17, 15) is 14.0 Å². The molecule has 0 radical (unpaired) electrons. The van der Waals surface area contributed by atoms with E-state index in [0.717, 1.165) is 4.68 Å². The van der Waals surface area contributed by atoms with Crippen molar-refractivity contribution in [3.63, 3.8) is 0 Å². The van der Waals surface area contributed by atoms with E-state index in [1.165, 1.54) is 16.7 Å². The molecule has 2 aromatic rings. The average molecular weight is 364 g/mol. The van der Waals surface area contributed by atoms with Crippen molar-refractivity contribution in [1.29, 1.82) is 5.26 Å². The quantitative estimate of drug-likeness (QED) is 0.814. The van der Waals surface area contributed by atoms with Crippen molar-refractivity contribution in [3.05, 3.63) is 50.9 Å². The Bertz CT molecular complexity index is 894. The fraction of sp³-hybridized carbons (Fsp3) is 0.375. The first-order valence-electron chi connectivity index (χ1n) is 7.75. The molecule has 1 aromatic heterocycles. The molecule has 9 heteroatoms. The van der Waals surface area contributed by atoms with Crippen molar-refractivity contribution in [1.82, 2.24) is 19.2 Å². The van der Waals surface area contributed by atoms with Crippen LogP contribution in [0.2, 0.25) is 5.02 Å². The van der Waals surface area contributed by atoms with Crippen LogP contribution in [0, 0.1) is 17.1 Å². The van der Waals surface area contributed by atoms with Gasteiger partial charge in [-0.1, -0.05) is 17.7 Å². The second-order valence-corrected chi connectivity index (χ2v) is 6.08. The molecule has 3 rings (SSSR count). The zero-order valence-corrected chi connectivity index (χ0v) is 14.0. The molecule has 0 aliphatic carbocycles. The van der Waals surface area contributed by atoms with Gasteiger partial charge in [0, 0.05) is 36.6 Å². The van der Waals surface area contributed by atoms with Crippen LogP contribution in [0.25, 0.3) is 0 Å². The predicted molar refractivity (Wildman–Crippen MR) is 87.5 cm³/mol. The van der Waals surface area contributed by atoms with Crippen LogP contribution in [0.5, 0.6) is 0 Å². The second kappa shape index (κ2) is 7.07. The highest BCUT2D eigenvalue weighted by molar-refractivity contribution is 6.31. The number of amides is 1. The number of nitriles is 1. The van der Waals surface area contributed by atoms with Gasteiger partial charge in [-0.05, 0) is 12.1 Å². The normalized spacial score (nSPS) is 13.9. The molecule has 0 fully saturated rings.